The average molecular weight is 410 g/mol. The molecule has 3 rings (SSSR count). The van der Waals surface area contributed by atoms with Gasteiger partial charge in [0.25, 0.3) is 0 Å². The number of halogens is 1. The van der Waals surface area contributed by atoms with Gasteiger partial charge in [0, 0.05) is 6.04 Å². The molecule has 0 radical (unpaired) electrons. The molecule has 6 nitrogen and oxygen atoms in total. The fourth-order valence-corrected chi connectivity index (χ4v) is 4.03. The van der Waals surface area contributed by atoms with Gasteiger partial charge in [-0.3, -0.25) is 9.69 Å². The molecule has 0 aromatic carbocycles. The zero-order valence-electron chi connectivity index (χ0n) is 15.0. The first-order valence-electron chi connectivity index (χ1n) is 8.61. The lowest BCUT2D eigenvalue weighted by Crippen LogP contribution is -2.52. The number of nitrogens with one attached hydrogen (secondary N) is 1. The lowest BCUT2D eigenvalue weighted by Gasteiger charge is -2.35. The molecule has 1 saturated heterocycles. The third-order valence-corrected chi connectivity index (χ3v) is 5.20. The Kier molecular flexibility index (Phi) is 4.79. The van der Waals surface area contributed by atoms with Crippen molar-refractivity contribution in [3.8, 4) is 0 Å². The number of hydrogen-bond acceptors (Lipinski definition) is 4. The Morgan fingerprint density at radius 1 is 1.32 bits per heavy atom. The van der Waals surface area contributed by atoms with Gasteiger partial charge in [-0.1, -0.05) is 6.07 Å². The molecule has 2 amide bonds. The summed E-state index contributed by atoms with van der Waals surface area (Å²) in [5.41, 5.74) is 0.297. The van der Waals surface area contributed by atoms with Gasteiger partial charge in [0.15, 0.2) is 0 Å². The minimum absolute atomic E-state index is 0.0900. The number of aryl methyl sites for hydroxylation is 1. The minimum Gasteiger partial charge on any atom is -0.444 e. The smallest absolute Gasteiger partial charge is 0.411 e. The van der Waals surface area contributed by atoms with Crippen LogP contribution in [0.3, 0.4) is 0 Å². The molecule has 0 spiro atoms. The molecule has 1 aromatic rings. The Hall–Kier alpha value is -1.63. The van der Waals surface area contributed by atoms with E-state index in [1.165, 1.54) is 0 Å². The first-order chi connectivity index (χ1) is 11.7. The standard InChI is InChI=1S/C18H24BrN3O3/c1-10-5-8-13(19)20-15(10)21-16(23)14-11-6-7-12(9-11)22(14)17(24)25-18(2,3)4/h5,8,11-12,14H,6-7,9H2,1-4H3,(H,20,21,23)/t11-,12?,14-/m0/s1. The van der Waals surface area contributed by atoms with Crippen LogP contribution in [0, 0.1) is 12.8 Å². The van der Waals surface area contributed by atoms with Crippen LogP contribution in [0.5, 0.6) is 0 Å². The number of carbonyl (C=O) groups excluding carboxylic acids is 2. The van der Waals surface area contributed by atoms with Gasteiger partial charge in [-0.15, -0.1) is 0 Å². The Balaban J connectivity index is 1.80. The van der Waals surface area contributed by atoms with Gasteiger partial charge < -0.3 is 10.1 Å². The highest BCUT2D eigenvalue weighted by atomic mass is 79.9. The minimum atomic E-state index is -0.581. The number of ether oxygens (including phenoxy) is 1. The quantitative estimate of drug-likeness (QED) is 0.752. The normalized spacial score (nSPS) is 25.2. The molecule has 2 aliphatic rings. The molecule has 136 valence electrons. The molecule has 1 saturated carbocycles. The van der Waals surface area contributed by atoms with Crippen molar-refractivity contribution in [1.29, 1.82) is 0 Å². The zero-order valence-corrected chi connectivity index (χ0v) is 16.6. The lowest BCUT2D eigenvalue weighted by molar-refractivity contribution is -0.122. The second kappa shape index (κ2) is 6.59. The van der Waals surface area contributed by atoms with Crippen LogP contribution in [0.4, 0.5) is 10.6 Å². The Morgan fingerprint density at radius 3 is 2.72 bits per heavy atom. The highest BCUT2D eigenvalue weighted by molar-refractivity contribution is 9.10. The van der Waals surface area contributed by atoms with Crippen molar-refractivity contribution >= 4 is 33.7 Å². The summed E-state index contributed by atoms with van der Waals surface area (Å²) < 4.78 is 6.19. The zero-order chi connectivity index (χ0) is 18.4. The molecule has 2 heterocycles. The van der Waals surface area contributed by atoms with Crippen LogP contribution in [0.1, 0.15) is 45.6 Å². The maximum absolute atomic E-state index is 12.9. The number of anilines is 1. The first-order valence-corrected chi connectivity index (χ1v) is 9.40. The van der Waals surface area contributed by atoms with Gasteiger partial charge in [0.05, 0.1) is 0 Å². The Morgan fingerprint density at radius 2 is 2.04 bits per heavy atom. The fourth-order valence-electron chi connectivity index (χ4n) is 3.73. The van der Waals surface area contributed by atoms with Crippen molar-refractivity contribution in [2.75, 3.05) is 5.32 Å². The predicted molar refractivity (Wildman–Crippen MR) is 98.3 cm³/mol. The summed E-state index contributed by atoms with van der Waals surface area (Å²) in [6, 6.07) is 3.32. The Labute approximate surface area is 156 Å². The average Bonchev–Trinajstić information content (AvgIpc) is 3.09. The highest BCUT2D eigenvalue weighted by Crippen LogP contribution is 2.43. The summed E-state index contributed by atoms with van der Waals surface area (Å²) in [4.78, 5) is 31.5. The van der Waals surface area contributed by atoms with Crippen LogP contribution in [0.15, 0.2) is 16.7 Å². The lowest BCUT2D eigenvalue weighted by atomic mass is 9.98. The number of piperidine rings is 1. The molecule has 3 atom stereocenters. The maximum atomic E-state index is 12.9. The number of likely N-dealkylation sites (tertiary alicyclic amines) is 1. The number of amides is 2. The maximum Gasteiger partial charge on any atom is 0.411 e. The first kappa shape index (κ1) is 18.2. The summed E-state index contributed by atoms with van der Waals surface area (Å²) in [6.45, 7) is 7.40. The second-order valence-corrected chi connectivity index (χ2v) is 8.66. The number of hydrogen-bond donors (Lipinski definition) is 1. The van der Waals surface area contributed by atoms with Crippen LogP contribution in [-0.2, 0) is 9.53 Å². The Bertz CT molecular complexity index is 701. The van der Waals surface area contributed by atoms with E-state index in [4.69, 9.17) is 4.74 Å². The summed E-state index contributed by atoms with van der Waals surface area (Å²) in [7, 11) is 0. The number of carbonyl (C=O) groups is 2. The monoisotopic (exact) mass is 409 g/mol. The summed E-state index contributed by atoms with van der Waals surface area (Å²) >= 11 is 3.32. The van der Waals surface area contributed by atoms with Crippen molar-refractivity contribution in [3.63, 3.8) is 0 Å². The molecule has 1 unspecified atom stereocenters. The largest absolute Gasteiger partial charge is 0.444 e. The number of fused-ring (bicyclic) bond motifs is 2. The SMILES string of the molecule is Cc1ccc(Br)nc1NC(=O)[C@@H]1[C@H]2CCC(C2)N1C(=O)OC(C)(C)C. The van der Waals surface area contributed by atoms with Crippen molar-refractivity contribution in [2.24, 2.45) is 5.92 Å². The van der Waals surface area contributed by atoms with E-state index in [-0.39, 0.29) is 17.9 Å². The summed E-state index contributed by atoms with van der Waals surface area (Å²) in [6.07, 6.45) is 2.36. The van der Waals surface area contributed by atoms with Crippen molar-refractivity contribution in [2.45, 2.75) is 64.6 Å². The molecule has 2 bridgehead atoms. The molecule has 25 heavy (non-hydrogen) atoms. The molecule has 2 fully saturated rings. The third-order valence-electron chi connectivity index (χ3n) is 4.76. The van der Waals surface area contributed by atoms with Crippen LogP contribution < -0.4 is 5.32 Å². The number of nitrogens with zero attached hydrogens (tertiary/aromatic N) is 2. The summed E-state index contributed by atoms with van der Waals surface area (Å²) in [5, 5.41) is 2.90. The van der Waals surface area contributed by atoms with Gasteiger partial charge >= 0.3 is 6.09 Å². The fraction of sp³-hybridized carbons (Fsp3) is 0.611. The highest BCUT2D eigenvalue weighted by Gasteiger charge is 2.52. The van der Waals surface area contributed by atoms with Crippen LogP contribution in [0.25, 0.3) is 0 Å². The van der Waals surface area contributed by atoms with Gasteiger partial charge in [-0.25, -0.2) is 9.78 Å². The van der Waals surface area contributed by atoms with E-state index < -0.39 is 17.7 Å². The van der Waals surface area contributed by atoms with E-state index in [1.807, 2.05) is 39.8 Å². The molecule has 1 aromatic heterocycles. The van der Waals surface area contributed by atoms with E-state index in [0.717, 1.165) is 24.8 Å². The molecular weight excluding hydrogens is 386 g/mol. The molecule has 7 heteroatoms. The van der Waals surface area contributed by atoms with Crippen molar-refractivity contribution < 1.29 is 14.3 Å². The summed E-state index contributed by atoms with van der Waals surface area (Å²) in [5.74, 6) is 0.517. The third kappa shape index (κ3) is 3.81. The van der Waals surface area contributed by atoms with Gasteiger partial charge in [0.2, 0.25) is 5.91 Å². The molecule has 1 N–H and O–H groups in total. The van der Waals surface area contributed by atoms with Crippen molar-refractivity contribution in [1.82, 2.24) is 9.88 Å². The number of pyridine rings is 1. The van der Waals surface area contributed by atoms with Crippen LogP contribution >= 0.6 is 15.9 Å². The van der Waals surface area contributed by atoms with Crippen LogP contribution in [-0.4, -0.2) is 39.6 Å². The van der Waals surface area contributed by atoms with Crippen molar-refractivity contribution in [3.05, 3.63) is 22.3 Å². The van der Waals surface area contributed by atoms with Gasteiger partial charge in [-0.05, 0) is 80.4 Å². The molecule has 1 aliphatic heterocycles. The second-order valence-electron chi connectivity index (χ2n) is 7.85. The van der Waals surface area contributed by atoms with Gasteiger partial charge in [0.1, 0.15) is 22.1 Å². The number of rotatable bonds is 2. The van der Waals surface area contributed by atoms with Gasteiger partial charge in [-0.2, -0.15) is 0 Å². The molecular formula is C18H24BrN3O3. The topological polar surface area (TPSA) is 71.5 Å². The van der Waals surface area contributed by atoms with E-state index >= 15 is 0 Å². The van der Waals surface area contributed by atoms with E-state index in [0.29, 0.717) is 10.4 Å². The van der Waals surface area contributed by atoms with E-state index in [9.17, 15) is 9.59 Å². The predicted octanol–water partition coefficient (Wildman–Crippen LogP) is 3.88. The molecule has 1 aliphatic carbocycles. The number of aromatic nitrogens is 1. The van der Waals surface area contributed by atoms with E-state index in [2.05, 4.69) is 26.2 Å². The van der Waals surface area contributed by atoms with Crippen LogP contribution in [0.2, 0.25) is 0 Å². The van der Waals surface area contributed by atoms with E-state index in [1.54, 1.807) is 4.90 Å².